The number of nitro groups is 1. The van der Waals surface area contributed by atoms with Crippen LogP contribution in [0.15, 0.2) is 12.1 Å². The number of rotatable bonds is 2. The van der Waals surface area contributed by atoms with Gasteiger partial charge in [-0.3, -0.25) is 10.1 Å². The van der Waals surface area contributed by atoms with E-state index in [0.717, 1.165) is 6.07 Å². The number of nitrogens with zero attached hydrogens (tertiary/aromatic N) is 1. The van der Waals surface area contributed by atoms with Gasteiger partial charge in [-0.15, -0.1) is 0 Å². The van der Waals surface area contributed by atoms with Crippen LogP contribution in [-0.2, 0) is 0 Å². The molecule has 0 unspecified atom stereocenters. The fourth-order valence-corrected chi connectivity index (χ4v) is 0.855. The van der Waals surface area contributed by atoms with E-state index in [1.807, 2.05) is 0 Å². The van der Waals surface area contributed by atoms with Crippen LogP contribution in [0.3, 0.4) is 0 Å². The van der Waals surface area contributed by atoms with Gasteiger partial charge in [-0.25, -0.2) is 4.39 Å². The molecule has 0 aromatic heterocycles. The Morgan fingerprint density at radius 1 is 1.62 bits per heavy atom. The number of halogens is 1. The summed E-state index contributed by atoms with van der Waals surface area (Å²) in [7, 11) is 1.18. The number of phenols is 1. The van der Waals surface area contributed by atoms with E-state index >= 15 is 0 Å². The minimum absolute atomic E-state index is 0.258. The van der Waals surface area contributed by atoms with Crippen molar-refractivity contribution >= 4 is 5.69 Å². The van der Waals surface area contributed by atoms with E-state index in [4.69, 9.17) is 5.11 Å². The molecule has 0 spiro atoms. The van der Waals surface area contributed by atoms with E-state index in [-0.39, 0.29) is 5.75 Å². The molecule has 0 heterocycles. The summed E-state index contributed by atoms with van der Waals surface area (Å²) in [5.41, 5.74) is -0.711. The zero-order valence-electron chi connectivity index (χ0n) is 6.65. The first kappa shape index (κ1) is 9.24. The van der Waals surface area contributed by atoms with Crippen molar-refractivity contribution in [1.29, 1.82) is 0 Å². The second kappa shape index (κ2) is 3.26. The highest BCUT2D eigenvalue weighted by Crippen LogP contribution is 2.36. The molecule has 0 radical (unpaired) electrons. The molecule has 0 amide bonds. The molecule has 13 heavy (non-hydrogen) atoms. The normalized spacial score (nSPS) is 9.69. The molecular formula is C7H6FNO4. The van der Waals surface area contributed by atoms with Crippen LogP contribution in [0.4, 0.5) is 10.1 Å². The second-order valence-electron chi connectivity index (χ2n) is 2.23. The Bertz CT molecular complexity index is 353. The zero-order chi connectivity index (χ0) is 10.0. The molecule has 6 heteroatoms. The van der Waals surface area contributed by atoms with E-state index < -0.39 is 22.2 Å². The Kier molecular flexibility index (Phi) is 2.32. The lowest BCUT2D eigenvalue weighted by molar-refractivity contribution is -0.386. The molecule has 0 saturated carbocycles. The van der Waals surface area contributed by atoms with E-state index in [9.17, 15) is 14.5 Å². The SMILES string of the molecule is COc1cc(F)cc([N+](=O)[O-])c1O. The number of benzene rings is 1. The molecule has 70 valence electrons. The first-order valence-electron chi connectivity index (χ1n) is 3.27. The van der Waals surface area contributed by atoms with Gasteiger partial charge in [-0.05, 0) is 0 Å². The topological polar surface area (TPSA) is 72.6 Å². The maximum atomic E-state index is 12.7. The monoisotopic (exact) mass is 187 g/mol. The lowest BCUT2D eigenvalue weighted by atomic mass is 10.2. The van der Waals surface area contributed by atoms with Gasteiger partial charge in [0.15, 0.2) is 5.75 Å². The predicted molar refractivity (Wildman–Crippen MR) is 41.3 cm³/mol. The van der Waals surface area contributed by atoms with Gasteiger partial charge >= 0.3 is 5.69 Å². The Labute approximate surface area is 72.5 Å². The quantitative estimate of drug-likeness (QED) is 0.561. The van der Waals surface area contributed by atoms with Crippen LogP contribution < -0.4 is 4.74 Å². The Balaban J connectivity index is 3.35. The molecule has 1 aromatic rings. The molecule has 5 nitrogen and oxygen atoms in total. The number of hydrogen-bond acceptors (Lipinski definition) is 4. The average Bonchev–Trinajstić information content (AvgIpc) is 2.08. The molecule has 0 fully saturated rings. The van der Waals surface area contributed by atoms with Crippen LogP contribution in [0.2, 0.25) is 0 Å². The minimum Gasteiger partial charge on any atom is -0.500 e. The molecule has 1 aromatic carbocycles. The first-order chi connectivity index (χ1) is 6.06. The van der Waals surface area contributed by atoms with Crippen LogP contribution >= 0.6 is 0 Å². The molecule has 0 aliphatic carbocycles. The lowest BCUT2D eigenvalue weighted by Gasteiger charge is -2.02. The maximum absolute atomic E-state index is 12.7. The molecule has 0 saturated heterocycles. The fraction of sp³-hybridized carbons (Fsp3) is 0.143. The van der Waals surface area contributed by atoms with Crippen molar-refractivity contribution in [3.63, 3.8) is 0 Å². The van der Waals surface area contributed by atoms with Crippen molar-refractivity contribution in [2.75, 3.05) is 7.11 Å². The van der Waals surface area contributed by atoms with Crippen LogP contribution in [0.1, 0.15) is 0 Å². The summed E-state index contributed by atoms with van der Waals surface area (Å²) >= 11 is 0. The van der Waals surface area contributed by atoms with Crippen LogP contribution in [-0.4, -0.2) is 17.1 Å². The van der Waals surface area contributed by atoms with Crippen LogP contribution in [0.5, 0.6) is 11.5 Å². The second-order valence-corrected chi connectivity index (χ2v) is 2.23. The van der Waals surface area contributed by atoms with Crippen LogP contribution in [0, 0.1) is 15.9 Å². The molecule has 0 bridgehead atoms. The van der Waals surface area contributed by atoms with Gasteiger partial charge in [-0.2, -0.15) is 0 Å². The van der Waals surface area contributed by atoms with Crippen molar-refractivity contribution in [2.24, 2.45) is 0 Å². The summed E-state index contributed by atoms with van der Waals surface area (Å²) in [6.07, 6.45) is 0. The van der Waals surface area contributed by atoms with Crippen molar-refractivity contribution in [2.45, 2.75) is 0 Å². The van der Waals surface area contributed by atoms with E-state index in [1.54, 1.807) is 0 Å². The Hall–Kier alpha value is -1.85. The van der Waals surface area contributed by atoms with Crippen molar-refractivity contribution in [1.82, 2.24) is 0 Å². The molecule has 0 aliphatic heterocycles. The predicted octanol–water partition coefficient (Wildman–Crippen LogP) is 1.45. The van der Waals surface area contributed by atoms with Crippen LogP contribution in [0.25, 0.3) is 0 Å². The van der Waals surface area contributed by atoms with Gasteiger partial charge in [0.1, 0.15) is 5.82 Å². The zero-order valence-corrected chi connectivity index (χ0v) is 6.65. The summed E-state index contributed by atoms with van der Waals surface area (Å²) in [4.78, 5) is 9.38. The number of aromatic hydroxyl groups is 1. The highest BCUT2D eigenvalue weighted by atomic mass is 19.1. The summed E-state index contributed by atoms with van der Waals surface area (Å²) < 4.78 is 17.2. The smallest absolute Gasteiger partial charge is 0.317 e. The first-order valence-corrected chi connectivity index (χ1v) is 3.27. The molecule has 1 rings (SSSR count). The van der Waals surface area contributed by atoms with E-state index in [2.05, 4.69) is 4.74 Å². The van der Waals surface area contributed by atoms with Gasteiger partial charge in [-0.1, -0.05) is 0 Å². The number of nitro benzene ring substituents is 1. The van der Waals surface area contributed by atoms with Crippen molar-refractivity contribution in [3.05, 3.63) is 28.1 Å². The highest BCUT2D eigenvalue weighted by Gasteiger charge is 2.19. The summed E-state index contributed by atoms with van der Waals surface area (Å²) in [6.45, 7) is 0. The number of methoxy groups -OCH3 is 1. The van der Waals surface area contributed by atoms with E-state index in [1.165, 1.54) is 7.11 Å². The third kappa shape index (κ3) is 1.66. The summed E-state index contributed by atoms with van der Waals surface area (Å²) in [5.74, 6) is -1.76. The molecule has 0 aliphatic rings. The largest absolute Gasteiger partial charge is 0.500 e. The average molecular weight is 187 g/mol. The Morgan fingerprint density at radius 3 is 2.69 bits per heavy atom. The molecular weight excluding hydrogens is 181 g/mol. The van der Waals surface area contributed by atoms with Gasteiger partial charge < -0.3 is 9.84 Å². The summed E-state index contributed by atoms with van der Waals surface area (Å²) in [6, 6.07) is 1.49. The van der Waals surface area contributed by atoms with E-state index in [0.29, 0.717) is 6.07 Å². The molecule has 1 N–H and O–H groups in total. The van der Waals surface area contributed by atoms with Gasteiger partial charge in [0.25, 0.3) is 0 Å². The van der Waals surface area contributed by atoms with Gasteiger partial charge in [0.05, 0.1) is 18.1 Å². The lowest BCUT2D eigenvalue weighted by Crippen LogP contribution is -1.93. The minimum atomic E-state index is -0.888. The number of phenolic OH excluding ortho intramolecular Hbond substituents is 1. The third-order valence-electron chi connectivity index (χ3n) is 1.44. The Morgan fingerprint density at radius 2 is 2.23 bits per heavy atom. The van der Waals surface area contributed by atoms with Crippen molar-refractivity contribution < 1.29 is 19.2 Å². The highest BCUT2D eigenvalue weighted by molar-refractivity contribution is 5.54. The number of ether oxygens (including phenoxy) is 1. The standard InChI is InChI=1S/C7H6FNO4/c1-13-6-3-4(8)2-5(7(6)10)9(11)12/h2-3,10H,1H3. The third-order valence-corrected chi connectivity index (χ3v) is 1.44. The maximum Gasteiger partial charge on any atom is 0.317 e. The van der Waals surface area contributed by atoms with Crippen molar-refractivity contribution in [3.8, 4) is 11.5 Å². The summed E-state index contributed by atoms with van der Waals surface area (Å²) in [5, 5.41) is 19.4. The fourth-order valence-electron chi connectivity index (χ4n) is 0.855. The number of hydrogen-bond donors (Lipinski definition) is 1. The molecule has 0 atom stereocenters. The van der Waals surface area contributed by atoms with Gasteiger partial charge in [0.2, 0.25) is 5.75 Å². The van der Waals surface area contributed by atoms with Gasteiger partial charge in [0, 0.05) is 6.07 Å².